The first kappa shape index (κ1) is 24.4. The van der Waals surface area contributed by atoms with Crippen molar-refractivity contribution in [1.82, 2.24) is 9.97 Å². The molecule has 0 unspecified atom stereocenters. The van der Waals surface area contributed by atoms with Crippen LogP contribution in [0.15, 0.2) is 23.4 Å². The summed E-state index contributed by atoms with van der Waals surface area (Å²) in [4.78, 5) is 7.49. The molecule has 0 aliphatic rings. The standard InChI is InChI=1S/C18H18ClF6N3OS/c1-9-4-10(20)11(5-12(9)30-7-18(23,24)25)29-6-17(2,3)28-16-13(19)14(15(21)22)26-8-27-16/h4-5,8,15H,6-7H2,1-3H3,(H,26,27,28). The van der Waals surface area contributed by atoms with Crippen molar-refractivity contribution in [3.8, 4) is 5.75 Å². The highest BCUT2D eigenvalue weighted by atomic mass is 35.5. The molecule has 0 saturated heterocycles. The number of anilines is 1. The third-order valence-corrected chi connectivity index (χ3v) is 5.28. The Hall–Kier alpha value is -1.88. The van der Waals surface area contributed by atoms with E-state index in [9.17, 15) is 26.3 Å². The molecule has 12 heteroatoms. The van der Waals surface area contributed by atoms with E-state index in [1.54, 1.807) is 13.8 Å². The topological polar surface area (TPSA) is 47.0 Å². The number of thioether (sulfide) groups is 1. The number of rotatable bonds is 8. The van der Waals surface area contributed by atoms with Crippen molar-refractivity contribution in [2.75, 3.05) is 17.7 Å². The Morgan fingerprint density at radius 3 is 2.47 bits per heavy atom. The minimum Gasteiger partial charge on any atom is -0.488 e. The van der Waals surface area contributed by atoms with Gasteiger partial charge < -0.3 is 10.1 Å². The normalized spacial score (nSPS) is 12.4. The number of alkyl halides is 5. The lowest BCUT2D eigenvalue weighted by Gasteiger charge is -2.27. The van der Waals surface area contributed by atoms with Crippen LogP contribution in [-0.4, -0.2) is 34.0 Å². The zero-order chi connectivity index (χ0) is 22.7. The molecule has 0 saturated carbocycles. The molecule has 0 amide bonds. The van der Waals surface area contributed by atoms with Crippen LogP contribution in [0.25, 0.3) is 0 Å². The molecule has 2 aromatic rings. The molecule has 0 radical (unpaired) electrons. The minimum atomic E-state index is -4.37. The van der Waals surface area contributed by atoms with Crippen LogP contribution < -0.4 is 10.1 Å². The highest BCUT2D eigenvalue weighted by Crippen LogP contribution is 2.34. The van der Waals surface area contributed by atoms with Crippen LogP contribution in [0.2, 0.25) is 5.02 Å². The summed E-state index contributed by atoms with van der Waals surface area (Å²) in [6.45, 7) is 4.58. The molecule has 1 aromatic carbocycles. The van der Waals surface area contributed by atoms with Crippen molar-refractivity contribution in [2.24, 2.45) is 0 Å². The number of aromatic nitrogens is 2. The Morgan fingerprint density at radius 2 is 1.87 bits per heavy atom. The van der Waals surface area contributed by atoms with Gasteiger partial charge in [0.05, 0.1) is 11.3 Å². The lowest BCUT2D eigenvalue weighted by atomic mass is 10.1. The second kappa shape index (κ2) is 9.51. The SMILES string of the molecule is Cc1cc(F)c(OCC(C)(C)Nc2ncnc(C(F)F)c2Cl)cc1SCC(F)(F)F. The first-order valence-electron chi connectivity index (χ1n) is 8.48. The summed E-state index contributed by atoms with van der Waals surface area (Å²) in [7, 11) is 0. The van der Waals surface area contributed by atoms with E-state index in [2.05, 4.69) is 15.3 Å². The quantitative estimate of drug-likeness (QED) is 0.353. The fourth-order valence-corrected chi connectivity index (χ4v) is 3.32. The highest BCUT2D eigenvalue weighted by molar-refractivity contribution is 7.99. The number of aryl methyl sites for hydroxylation is 1. The van der Waals surface area contributed by atoms with Gasteiger partial charge >= 0.3 is 6.18 Å². The second-order valence-electron chi connectivity index (χ2n) is 6.97. The van der Waals surface area contributed by atoms with E-state index in [0.717, 1.165) is 12.4 Å². The van der Waals surface area contributed by atoms with E-state index in [-0.39, 0.29) is 28.1 Å². The summed E-state index contributed by atoms with van der Waals surface area (Å²) in [5.74, 6) is -2.15. The molecule has 0 fully saturated rings. The second-order valence-corrected chi connectivity index (χ2v) is 8.37. The summed E-state index contributed by atoms with van der Waals surface area (Å²) in [5.41, 5.74) is -1.24. The lowest BCUT2D eigenvalue weighted by molar-refractivity contribution is -0.105. The summed E-state index contributed by atoms with van der Waals surface area (Å²) >= 11 is 6.43. The Labute approximate surface area is 178 Å². The van der Waals surface area contributed by atoms with E-state index in [1.807, 2.05) is 0 Å². The molecule has 1 heterocycles. The van der Waals surface area contributed by atoms with Gasteiger partial charge in [0.25, 0.3) is 6.43 Å². The zero-order valence-electron chi connectivity index (χ0n) is 16.1. The predicted molar refractivity (Wildman–Crippen MR) is 103 cm³/mol. The first-order chi connectivity index (χ1) is 13.8. The van der Waals surface area contributed by atoms with Crippen LogP contribution in [0, 0.1) is 12.7 Å². The molecule has 0 atom stereocenters. The van der Waals surface area contributed by atoms with Gasteiger partial charge in [-0.1, -0.05) is 11.6 Å². The van der Waals surface area contributed by atoms with E-state index in [4.69, 9.17) is 16.3 Å². The molecule has 0 aliphatic carbocycles. The third-order valence-electron chi connectivity index (χ3n) is 3.69. The van der Waals surface area contributed by atoms with E-state index in [1.165, 1.54) is 13.0 Å². The van der Waals surface area contributed by atoms with Crippen LogP contribution in [-0.2, 0) is 0 Å². The van der Waals surface area contributed by atoms with Crippen molar-refractivity contribution in [2.45, 2.75) is 43.8 Å². The predicted octanol–water partition coefficient (Wildman–Crippen LogP) is 6.44. The summed E-state index contributed by atoms with van der Waals surface area (Å²) in [6.07, 6.45) is -6.34. The smallest absolute Gasteiger partial charge is 0.398 e. The Morgan fingerprint density at radius 1 is 1.20 bits per heavy atom. The van der Waals surface area contributed by atoms with Crippen LogP contribution >= 0.6 is 23.4 Å². The van der Waals surface area contributed by atoms with Crippen molar-refractivity contribution in [1.29, 1.82) is 0 Å². The van der Waals surface area contributed by atoms with E-state index < -0.39 is 35.4 Å². The number of hydrogen-bond acceptors (Lipinski definition) is 5. The van der Waals surface area contributed by atoms with Gasteiger partial charge in [-0.05, 0) is 38.5 Å². The largest absolute Gasteiger partial charge is 0.488 e. The van der Waals surface area contributed by atoms with Gasteiger partial charge in [0.2, 0.25) is 0 Å². The van der Waals surface area contributed by atoms with Crippen LogP contribution in [0.3, 0.4) is 0 Å². The molecule has 2 rings (SSSR count). The number of halogens is 7. The Balaban J connectivity index is 2.13. The number of nitrogens with one attached hydrogen (secondary N) is 1. The maximum Gasteiger partial charge on any atom is 0.398 e. The molecule has 0 bridgehead atoms. The van der Waals surface area contributed by atoms with Gasteiger partial charge in [-0.2, -0.15) is 13.2 Å². The highest BCUT2D eigenvalue weighted by Gasteiger charge is 2.28. The average molecular weight is 474 g/mol. The number of hydrogen-bond donors (Lipinski definition) is 1. The van der Waals surface area contributed by atoms with Crippen molar-refractivity contribution < 1.29 is 31.1 Å². The first-order valence-corrected chi connectivity index (χ1v) is 9.84. The van der Waals surface area contributed by atoms with Crippen molar-refractivity contribution >= 4 is 29.2 Å². The van der Waals surface area contributed by atoms with Crippen molar-refractivity contribution in [3.05, 3.63) is 40.6 Å². The van der Waals surface area contributed by atoms with Gasteiger partial charge in [0.1, 0.15) is 29.5 Å². The molecule has 0 spiro atoms. The maximum atomic E-state index is 14.2. The van der Waals surface area contributed by atoms with Gasteiger partial charge in [-0.15, -0.1) is 11.8 Å². The van der Waals surface area contributed by atoms with Crippen LogP contribution in [0.4, 0.5) is 32.2 Å². The van der Waals surface area contributed by atoms with Gasteiger partial charge in [-0.25, -0.2) is 23.1 Å². The lowest BCUT2D eigenvalue weighted by Crippen LogP contribution is -2.38. The van der Waals surface area contributed by atoms with Gasteiger partial charge in [0, 0.05) is 4.90 Å². The summed E-state index contributed by atoms with van der Waals surface area (Å²) in [6, 6.07) is 2.29. The summed E-state index contributed by atoms with van der Waals surface area (Å²) < 4.78 is 82.9. The summed E-state index contributed by atoms with van der Waals surface area (Å²) in [5, 5.41) is 2.47. The molecule has 1 N–H and O–H groups in total. The average Bonchev–Trinajstić information content (AvgIpc) is 2.60. The number of benzene rings is 1. The van der Waals surface area contributed by atoms with Crippen molar-refractivity contribution in [3.63, 3.8) is 0 Å². The molecule has 1 aromatic heterocycles. The molecule has 0 aliphatic heterocycles. The van der Waals surface area contributed by atoms with E-state index >= 15 is 0 Å². The third kappa shape index (κ3) is 6.83. The van der Waals surface area contributed by atoms with Gasteiger partial charge in [-0.3, -0.25) is 0 Å². The maximum absolute atomic E-state index is 14.2. The Kier molecular flexibility index (Phi) is 7.73. The molecular weight excluding hydrogens is 456 g/mol. The minimum absolute atomic E-state index is 0.0543. The van der Waals surface area contributed by atoms with Crippen LogP contribution in [0.1, 0.15) is 31.5 Å². The van der Waals surface area contributed by atoms with Gasteiger partial charge in [0.15, 0.2) is 11.6 Å². The fraction of sp³-hybridized carbons (Fsp3) is 0.444. The molecule has 4 nitrogen and oxygen atoms in total. The monoisotopic (exact) mass is 473 g/mol. The van der Waals surface area contributed by atoms with E-state index in [0.29, 0.717) is 17.3 Å². The molecule has 166 valence electrons. The zero-order valence-corrected chi connectivity index (χ0v) is 17.7. The molecule has 30 heavy (non-hydrogen) atoms. The Bertz CT molecular complexity index is 895. The fourth-order valence-electron chi connectivity index (χ4n) is 2.30. The molecular formula is C18H18ClF6N3OS. The number of ether oxygens (including phenoxy) is 1. The number of nitrogens with zero attached hydrogens (tertiary/aromatic N) is 2. The van der Waals surface area contributed by atoms with Crippen LogP contribution in [0.5, 0.6) is 5.75 Å².